The van der Waals surface area contributed by atoms with Crippen molar-refractivity contribution in [1.29, 1.82) is 0 Å². The Morgan fingerprint density at radius 1 is 1.47 bits per heavy atom. The van der Waals surface area contributed by atoms with Gasteiger partial charge in [0.25, 0.3) is 5.91 Å². The van der Waals surface area contributed by atoms with E-state index in [9.17, 15) is 4.79 Å². The molecule has 0 bridgehead atoms. The van der Waals surface area contributed by atoms with Crippen molar-refractivity contribution in [1.82, 2.24) is 9.99 Å². The van der Waals surface area contributed by atoms with Crippen LogP contribution >= 0.6 is 0 Å². The Morgan fingerprint density at radius 2 is 2.12 bits per heavy atom. The molecule has 5 nitrogen and oxygen atoms in total. The topological polar surface area (TPSA) is 55.3 Å². The Hall–Kier alpha value is -1.33. The van der Waals surface area contributed by atoms with E-state index in [-0.39, 0.29) is 18.1 Å². The second-order valence-corrected chi connectivity index (χ2v) is 4.48. The second kappa shape index (κ2) is 4.89. The quantitative estimate of drug-likeness (QED) is 0.807. The minimum absolute atomic E-state index is 0.00745. The predicted octanol–water partition coefficient (Wildman–Crippen LogP) is 0.552. The van der Waals surface area contributed by atoms with E-state index in [2.05, 4.69) is 10.7 Å². The fraction of sp³-hybridized carbons (Fsp3) is 0.583. The molecule has 1 amide bonds. The average molecular weight is 237 g/mol. The van der Waals surface area contributed by atoms with Gasteiger partial charge < -0.3 is 10.1 Å². The molecule has 2 rings (SSSR count). The first-order valence-electron chi connectivity index (χ1n) is 5.84. The summed E-state index contributed by atoms with van der Waals surface area (Å²) in [5.41, 5.74) is 4.95. The predicted molar refractivity (Wildman–Crippen MR) is 65.5 cm³/mol. The third kappa shape index (κ3) is 2.50. The lowest BCUT2D eigenvalue weighted by Gasteiger charge is -2.15. The summed E-state index contributed by atoms with van der Waals surface area (Å²) in [7, 11) is 1.67. The van der Waals surface area contributed by atoms with Crippen LogP contribution in [0, 0.1) is 13.8 Å². The normalized spacial score (nSPS) is 23.9. The Labute approximate surface area is 101 Å². The van der Waals surface area contributed by atoms with Crippen LogP contribution in [0.4, 0.5) is 0 Å². The van der Waals surface area contributed by atoms with Gasteiger partial charge in [-0.2, -0.15) is 0 Å². The number of hydrogen-bond donors (Lipinski definition) is 2. The Bertz CT molecular complexity index is 394. The zero-order valence-corrected chi connectivity index (χ0v) is 10.5. The van der Waals surface area contributed by atoms with E-state index >= 15 is 0 Å². The van der Waals surface area contributed by atoms with Crippen molar-refractivity contribution in [3.63, 3.8) is 0 Å². The molecule has 0 saturated carbocycles. The van der Waals surface area contributed by atoms with Gasteiger partial charge in [0.15, 0.2) is 0 Å². The smallest absolute Gasteiger partial charge is 0.256 e. The summed E-state index contributed by atoms with van der Waals surface area (Å²) in [6, 6.07) is 3.80. The van der Waals surface area contributed by atoms with Crippen LogP contribution < -0.4 is 10.7 Å². The molecule has 2 heterocycles. The fourth-order valence-electron chi connectivity index (χ4n) is 2.12. The number of rotatable bonds is 3. The molecule has 94 valence electrons. The third-order valence-electron chi connectivity index (χ3n) is 3.23. The molecule has 5 heteroatoms. The standard InChI is InChI=1S/C12H19N3O2/c1-8-4-5-9(2)15(8)14-12(16)11-6-10(17-3)7-13-11/h4-5,10-11,13H,6-7H2,1-3H3,(H,14,16). The number of nitrogens with zero attached hydrogens (tertiary/aromatic N) is 1. The summed E-state index contributed by atoms with van der Waals surface area (Å²) in [5, 5.41) is 3.16. The number of carbonyl (C=O) groups is 1. The van der Waals surface area contributed by atoms with E-state index in [0.717, 1.165) is 24.4 Å². The first kappa shape index (κ1) is 12.1. The van der Waals surface area contributed by atoms with Crippen LogP contribution in [0.15, 0.2) is 12.1 Å². The number of methoxy groups -OCH3 is 1. The molecule has 0 aromatic carbocycles. The second-order valence-electron chi connectivity index (χ2n) is 4.48. The van der Waals surface area contributed by atoms with Crippen LogP contribution in [0.3, 0.4) is 0 Å². The van der Waals surface area contributed by atoms with E-state index in [1.807, 2.05) is 30.7 Å². The molecule has 1 aromatic heterocycles. The lowest BCUT2D eigenvalue weighted by molar-refractivity contribution is -0.118. The number of hydrogen-bond acceptors (Lipinski definition) is 3. The van der Waals surface area contributed by atoms with Crippen molar-refractivity contribution in [2.24, 2.45) is 0 Å². The molecule has 2 unspecified atom stereocenters. The van der Waals surface area contributed by atoms with Crippen molar-refractivity contribution >= 4 is 5.91 Å². The van der Waals surface area contributed by atoms with Crippen molar-refractivity contribution < 1.29 is 9.53 Å². The van der Waals surface area contributed by atoms with Gasteiger partial charge in [-0.05, 0) is 32.4 Å². The summed E-state index contributed by atoms with van der Waals surface area (Å²) in [4.78, 5) is 12.0. The highest BCUT2D eigenvalue weighted by molar-refractivity contribution is 5.89. The first-order valence-corrected chi connectivity index (χ1v) is 5.84. The monoisotopic (exact) mass is 237 g/mol. The number of ether oxygens (including phenoxy) is 1. The van der Waals surface area contributed by atoms with E-state index < -0.39 is 0 Å². The number of carbonyl (C=O) groups excluding carboxylic acids is 1. The van der Waals surface area contributed by atoms with Gasteiger partial charge in [-0.3, -0.25) is 14.9 Å². The van der Waals surface area contributed by atoms with Gasteiger partial charge in [-0.15, -0.1) is 0 Å². The highest BCUT2D eigenvalue weighted by Gasteiger charge is 2.29. The van der Waals surface area contributed by atoms with Crippen LogP contribution in [0.25, 0.3) is 0 Å². The Morgan fingerprint density at radius 3 is 2.65 bits per heavy atom. The molecule has 2 N–H and O–H groups in total. The van der Waals surface area contributed by atoms with Gasteiger partial charge in [0.2, 0.25) is 0 Å². The molecule has 1 aliphatic heterocycles. The van der Waals surface area contributed by atoms with Crippen molar-refractivity contribution in [2.75, 3.05) is 19.1 Å². The van der Waals surface area contributed by atoms with E-state index in [0.29, 0.717) is 0 Å². The maximum absolute atomic E-state index is 12.0. The highest BCUT2D eigenvalue weighted by atomic mass is 16.5. The van der Waals surface area contributed by atoms with Crippen molar-refractivity contribution in [3.05, 3.63) is 23.5 Å². The maximum Gasteiger partial charge on any atom is 0.256 e. The third-order valence-corrected chi connectivity index (χ3v) is 3.23. The molecule has 1 fully saturated rings. The molecule has 0 spiro atoms. The lowest BCUT2D eigenvalue weighted by Crippen LogP contribution is -2.39. The number of amides is 1. The van der Waals surface area contributed by atoms with Crippen LogP contribution in [-0.2, 0) is 9.53 Å². The van der Waals surface area contributed by atoms with E-state index in [1.165, 1.54) is 0 Å². The summed E-state index contributed by atoms with van der Waals surface area (Å²) in [5.74, 6) is -0.00745. The zero-order valence-electron chi connectivity index (χ0n) is 10.5. The van der Waals surface area contributed by atoms with Crippen LogP contribution in [-0.4, -0.2) is 36.4 Å². The molecule has 1 saturated heterocycles. The minimum Gasteiger partial charge on any atom is -0.380 e. The SMILES string of the molecule is COC1CNC(C(=O)Nn2c(C)ccc2C)C1. The number of aryl methyl sites for hydroxylation is 2. The fourth-order valence-corrected chi connectivity index (χ4v) is 2.12. The van der Waals surface area contributed by atoms with E-state index in [1.54, 1.807) is 7.11 Å². The summed E-state index contributed by atoms with van der Waals surface area (Å²) >= 11 is 0. The summed E-state index contributed by atoms with van der Waals surface area (Å²) < 4.78 is 7.03. The molecule has 2 atom stereocenters. The van der Waals surface area contributed by atoms with Crippen LogP contribution in [0.2, 0.25) is 0 Å². The number of nitrogens with one attached hydrogen (secondary N) is 2. The largest absolute Gasteiger partial charge is 0.380 e. The first-order chi connectivity index (χ1) is 8.11. The maximum atomic E-state index is 12.0. The van der Waals surface area contributed by atoms with Gasteiger partial charge in [0.1, 0.15) is 0 Å². The molecule has 1 aliphatic rings. The van der Waals surface area contributed by atoms with E-state index in [4.69, 9.17) is 4.74 Å². The molecule has 17 heavy (non-hydrogen) atoms. The minimum atomic E-state index is -0.166. The van der Waals surface area contributed by atoms with Crippen LogP contribution in [0.1, 0.15) is 17.8 Å². The molecule has 1 aromatic rings. The van der Waals surface area contributed by atoms with Crippen LogP contribution in [0.5, 0.6) is 0 Å². The molecule has 0 radical (unpaired) electrons. The average Bonchev–Trinajstić information content (AvgIpc) is 2.90. The summed E-state index contributed by atoms with van der Waals surface area (Å²) in [6.45, 7) is 4.67. The van der Waals surface area contributed by atoms with Crippen molar-refractivity contribution in [2.45, 2.75) is 32.4 Å². The zero-order chi connectivity index (χ0) is 12.4. The molecular weight excluding hydrogens is 218 g/mol. The van der Waals surface area contributed by atoms with Gasteiger partial charge in [0.05, 0.1) is 12.1 Å². The molecular formula is C12H19N3O2. The Kier molecular flexibility index (Phi) is 3.49. The van der Waals surface area contributed by atoms with Gasteiger partial charge in [0, 0.05) is 25.0 Å². The molecule has 0 aliphatic carbocycles. The van der Waals surface area contributed by atoms with Crippen molar-refractivity contribution in [3.8, 4) is 0 Å². The van der Waals surface area contributed by atoms with Gasteiger partial charge >= 0.3 is 0 Å². The van der Waals surface area contributed by atoms with Gasteiger partial charge in [-0.1, -0.05) is 0 Å². The summed E-state index contributed by atoms with van der Waals surface area (Å²) in [6.07, 6.45) is 0.861. The number of aromatic nitrogens is 1. The Balaban J connectivity index is 1.98. The van der Waals surface area contributed by atoms with Gasteiger partial charge in [-0.25, -0.2) is 0 Å². The lowest BCUT2D eigenvalue weighted by atomic mass is 10.2. The highest BCUT2D eigenvalue weighted by Crippen LogP contribution is 2.11.